The van der Waals surface area contributed by atoms with Gasteiger partial charge in [0.15, 0.2) is 0 Å². The number of fused-ring (bicyclic) bond motifs is 4. The summed E-state index contributed by atoms with van der Waals surface area (Å²) in [4.78, 5) is 0. The number of benzene rings is 5. The Morgan fingerprint density at radius 2 is 1.05 bits per heavy atom. The second-order valence-corrected chi connectivity index (χ2v) is 26.4. The molecule has 0 aromatic heterocycles. The van der Waals surface area contributed by atoms with E-state index in [1.165, 1.54) is 27.8 Å². The van der Waals surface area contributed by atoms with Crippen molar-refractivity contribution in [3.8, 4) is 22.3 Å². The van der Waals surface area contributed by atoms with Crippen LogP contribution in [0.15, 0.2) is 133 Å². The van der Waals surface area contributed by atoms with Gasteiger partial charge in [-0.25, -0.2) is 0 Å². The molecule has 0 fully saturated rings. The fourth-order valence-electron chi connectivity index (χ4n) is 6.78. The van der Waals surface area contributed by atoms with Crippen LogP contribution in [0.4, 0.5) is 0 Å². The average Bonchev–Trinajstić information content (AvgIpc) is 3.49. The molecule has 5 aromatic carbocycles. The van der Waals surface area contributed by atoms with Crippen molar-refractivity contribution in [1.82, 2.24) is 0 Å². The second kappa shape index (κ2) is 9.92. The summed E-state index contributed by atoms with van der Waals surface area (Å²) in [6.07, 6.45) is 2.54. The van der Waals surface area contributed by atoms with Crippen LogP contribution in [-0.4, -0.2) is 5.43 Å². The normalized spacial score (nSPS) is 16.4. The zero-order chi connectivity index (χ0) is 25.6. The van der Waals surface area contributed by atoms with Gasteiger partial charge in [-0.05, 0) is 0 Å². The SMILES string of the molecule is CC1=Cc2c(-c3ccccc3)cccc2[CH]1/[Zr]([CH]1c2ccccc2-c2ccccc21)=[Si](\C)c1ccccc1. The molecule has 2 aliphatic rings. The minimum absolute atomic E-state index is 0.573. The van der Waals surface area contributed by atoms with E-state index in [1.807, 2.05) is 0 Å². The predicted octanol–water partition coefficient (Wildman–Crippen LogP) is 8.73. The molecule has 7 rings (SSSR count). The van der Waals surface area contributed by atoms with Gasteiger partial charge in [0.2, 0.25) is 0 Å². The van der Waals surface area contributed by atoms with E-state index in [4.69, 9.17) is 0 Å². The first kappa shape index (κ1) is 24.0. The number of hydrogen-bond acceptors (Lipinski definition) is 0. The van der Waals surface area contributed by atoms with E-state index >= 15 is 0 Å². The standard InChI is InChI=1S/C16H13.C13H9.C7H8Si.Zr/c1-12-10-14-8-5-9-15(16(14)11-12)13-6-3-2-4-7-13;1-3-7-12-10(5-1)9-11-6-2-4-8-13(11)12;1-8-7-5-3-2-4-6-7;/h2-11H,1H3;1-9H;2-6H,1H3;. The fraction of sp³-hybridized carbons (Fsp3) is 0.111. The molecule has 5 aromatic rings. The Morgan fingerprint density at radius 1 is 0.526 bits per heavy atom. The van der Waals surface area contributed by atoms with E-state index in [9.17, 15) is 0 Å². The van der Waals surface area contributed by atoms with Crippen molar-refractivity contribution in [3.05, 3.63) is 155 Å². The van der Waals surface area contributed by atoms with Crippen LogP contribution in [0.25, 0.3) is 28.3 Å². The summed E-state index contributed by atoms with van der Waals surface area (Å²) in [7, 11) is 0. The molecule has 1 atom stereocenters. The molecule has 0 heterocycles. The molecule has 0 spiro atoms. The van der Waals surface area contributed by atoms with Gasteiger partial charge in [-0.1, -0.05) is 0 Å². The number of allylic oxidation sites excluding steroid dienone is 1. The molecule has 0 nitrogen and oxygen atoms in total. The maximum atomic E-state index is 2.64. The van der Waals surface area contributed by atoms with Crippen LogP contribution in [0, 0.1) is 0 Å². The van der Waals surface area contributed by atoms with Crippen LogP contribution in [0.2, 0.25) is 6.55 Å². The Hall–Kier alpha value is -3.06. The van der Waals surface area contributed by atoms with Crippen molar-refractivity contribution in [1.29, 1.82) is 0 Å². The van der Waals surface area contributed by atoms with Gasteiger partial charge in [0, 0.05) is 0 Å². The Kier molecular flexibility index (Phi) is 6.27. The molecule has 38 heavy (non-hydrogen) atoms. The predicted molar refractivity (Wildman–Crippen MR) is 160 cm³/mol. The Bertz CT molecular complexity index is 1680. The molecular formula is C36H30SiZr. The second-order valence-electron chi connectivity index (χ2n) is 10.5. The molecule has 0 N–H and O–H groups in total. The third-order valence-electron chi connectivity index (χ3n) is 8.46. The van der Waals surface area contributed by atoms with Crippen LogP contribution >= 0.6 is 0 Å². The monoisotopic (exact) mass is 580 g/mol. The fourth-order valence-corrected chi connectivity index (χ4v) is 29.4. The molecule has 0 radical (unpaired) electrons. The molecular weight excluding hydrogens is 552 g/mol. The zero-order valence-corrected chi connectivity index (χ0v) is 25.3. The summed E-state index contributed by atoms with van der Waals surface area (Å²) < 4.78 is 1.16. The van der Waals surface area contributed by atoms with Gasteiger partial charge in [-0.15, -0.1) is 0 Å². The minimum atomic E-state index is -2.34. The van der Waals surface area contributed by atoms with Crippen LogP contribution in [0.3, 0.4) is 0 Å². The quantitative estimate of drug-likeness (QED) is 0.186. The first-order chi connectivity index (χ1) is 18.7. The van der Waals surface area contributed by atoms with E-state index in [0.29, 0.717) is 7.25 Å². The third-order valence-corrected chi connectivity index (χ3v) is 28.9. The van der Waals surface area contributed by atoms with Gasteiger partial charge in [0.1, 0.15) is 0 Å². The number of hydrogen-bond donors (Lipinski definition) is 0. The molecule has 0 saturated heterocycles. The van der Waals surface area contributed by atoms with Crippen LogP contribution in [0.1, 0.15) is 36.4 Å². The Labute approximate surface area is 233 Å². The van der Waals surface area contributed by atoms with E-state index in [-0.39, 0.29) is 0 Å². The summed E-state index contributed by atoms with van der Waals surface area (Å²) >= 11 is -2.34. The van der Waals surface area contributed by atoms with Crippen LogP contribution < -0.4 is 5.19 Å². The van der Waals surface area contributed by atoms with E-state index in [0.717, 1.165) is 0 Å². The molecule has 0 aliphatic heterocycles. The van der Waals surface area contributed by atoms with Crippen molar-refractivity contribution in [2.75, 3.05) is 0 Å². The maximum absolute atomic E-state index is 2.64. The van der Waals surface area contributed by atoms with Gasteiger partial charge < -0.3 is 0 Å². The molecule has 1 unspecified atom stereocenters. The van der Waals surface area contributed by atoms with Crippen molar-refractivity contribution in [2.24, 2.45) is 0 Å². The molecule has 2 aliphatic carbocycles. The zero-order valence-electron chi connectivity index (χ0n) is 21.9. The summed E-state index contributed by atoms with van der Waals surface area (Å²) in [5.74, 6) is 0. The number of rotatable bonds is 4. The van der Waals surface area contributed by atoms with Crippen molar-refractivity contribution >= 4 is 16.7 Å². The summed E-state index contributed by atoms with van der Waals surface area (Å²) in [5.41, 5.74) is 12.7. The summed E-state index contributed by atoms with van der Waals surface area (Å²) in [6, 6.07) is 48.1. The molecule has 0 amide bonds. The van der Waals surface area contributed by atoms with Crippen molar-refractivity contribution in [3.63, 3.8) is 0 Å². The van der Waals surface area contributed by atoms with Gasteiger partial charge >= 0.3 is 235 Å². The van der Waals surface area contributed by atoms with Crippen molar-refractivity contribution in [2.45, 2.75) is 20.7 Å². The third kappa shape index (κ3) is 3.89. The van der Waals surface area contributed by atoms with Crippen LogP contribution in [0.5, 0.6) is 0 Å². The summed E-state index contributed by atoms with van der Waals surface area (Å²) in [6.45, 7) is 5.07. The van der Waals surface area contributed by atoms with E-state index < -0.39 is 25.8 Å². The summed E-state index contributed by atoms with van der Waals surface area (Å²) in [5, 5.41) is 1.61. The van der Waals surface area contributed by atoms with Gasteiger partial charge in [0.25, 0.3) is 0 Å². The molecule has 2 heteroatoms. The molecule has 0 saturated carbocycles. The van der Waals surface area contributed by atoms with Gasteiger partial charge in [-0.3, -0.25) is 0 Å². The molecule has 0 bridgehead atoms. The molecule has 182 valence electrons. The average molecular weight is 582 g/mol. The van der Waals surface area contributed by atoms with E-state index in [2.05, 4.69) is 147 Å². The van der Waals surface area contributed by atoms with Gasteiger partial charge in [-0.2, -0.15) is 0 Å². The first-order valence-electron chi connectivity index (χ1n) is 13.5. The van der Waals surface area contributed by atoms with Crippen molar-refractivity contribution < 1.29 is 20.4 Å². The van der Waals surface area contributed by atoms with Crippen LogP contribution in [-0.2, 0) is 20.4 Å². The van der Waals surface area contributed by atoms with E-state index in [1.54, 1.807) is 27.5 Å². The first-order valence-corrected chi connectivity index (χ1v) is 22.1. The Morgan fingerprint density at radius 3 is 1.71 bits per heavy atom. The Balaban J connectivity index is 1.50. The van der Waals surface area contributed by atoms with Gasteiger partial charge in [0.05, 0.1) is 0 Å². The topological polar surface area (TPSA) is 0 Å².